The highest BCUT2D eigenvalue weighted by Gasteiger charge is 2.38. The number of hydrogen-bond acceptors (Lipinski definition) is 3. The molecule has 1 saturated carbocycles. The summed E-state index contributed by atoms with van der Waals surface area (Å²) in [6.07, 6.45) is 4.57. The Labute approximate surface area is 127 Å². The third-order valence-corrected chi connectivity index (χ3v) is 4.26. The number of benzene rings is 1. The molecule has 0 heterocycles. The molecular formula is C17H26N2O2. The Morgan fingerprint density at radius 1 is 1.33 bits per heavy atom. The van der Waals surface area contributed by atoms with Crippen LogP contribution in [-0.4, -0.2) is 36.5 Å². The van der Waals surface area contributed by atoms with Crippen LogP contribution in [0.5, 0.6) is 5.75 Å². The van der Waals surface area contributed by atoms with Gasteiger partial charge in [0.25, 0.3) is 0 Å². The number of nitrogens with two attached hydrogens (primary N) is 1. The second-order valence-corrected chi connectivity index (χ2v) is 6.06. The Morgan fingerprint density at radius 2 is 2.00 bits per heavy atom. The maximum atomic E-state index is 12.3. The van der Waals surface area contributed by atoms with E-state index in [9.17, 15) is 4.79 Å². The first-order valence-corrected chi connectivity index (χ1v) is 7.76. The molecule has 0 atom stereocenters. The van der Waals surface area contributed by atoms with E-state index in [1.54, 1.807) is 4.90 Å². The van der Waals surface area contributed by atoms with Crippen molar-refractivity contribution >= 4 is 5.91 Å². The summed E-state index contributed by atoms with van der Waals surface area (Å²) in [5.74, 6) is 0.994. The summed E-state index contributed by atoms with van der Waals surface area (Å²) in [4.78, 5) is 14.1. The molecule has 1 amide bonds. The molecule has 116 valence electrons. The molecule has 0 unspecified atom stereocenters. The summed E-state index contributed by atoms with van der Waals surface area (Å²) >= 11 is 0. The van der Waals surface area contributed by atoms with Crippen LogP contribution in [0.4, 0.5) is 0 Å². The number of hydrogen-bond donors (Lipinski definition) is 1. The summed E-state index contributed by atoms with van der Waals surface area (Å²) in [6, 6.07) is 7.97. The lowest BCUT2D eigenvalue weighted by Crippen LogP contribution is -2.52. The molecule has 1 fully saturated rings. The van der Waals surface area contributed by atoms with E-state index in [4.69, 9.17) is 10.5 Å². The van der Waals surface area contributed by atoms with Gasteiger partial charge in [-0.2, -0.15) is 0 Å². The van der Waals surface area contributed by atoms with Crippen LogP contribution in [0.25, 0.3) is 0 Å². The molecule has 4 heteroatoms. The van der Waals surface area contributed by atoms with E-state index >= 15 is 0 Å². The van der Waals surface area contributed by atoms with Gasteiger partial charge in [-0.15, -0.1) is 0 Å². The van der Waals surface area contributed by atoms with Gasteiger partial charge in [-0.3, -0.25) is 4.79 Å². The van der Waals surface area contributed by atoms with Crippen LogP contribution in [0, 0.1) is 6.92 Å². The average Bonchev–Trinajstić information content (AvgIpc) is 2.92. The minimum absolute atomic E-state index is 0.0795. The van der Waals surface area contributed by atoms with Gasteiger partial charge in [0.2, 0.25) is 5.91 Å². The molecule has 21 heavy (non-hydrogen) atoms. The highest BCUT2D eigenvalue weighted by Crippen LogP contribution is 2.28. The van der Waals surface area contributed by atoms with Crippen LogP contribution in [0.1, 0.15) is 37.7 Å². The van der Waals surface area contributed by atoms with Crippen molar-refractivity contribution in [2.75, 3.05) is 20.2 Å². The maximum Gasteiger partial charge on any atom is 0.242 e. The fourth-order valence-electron chi connectivity index (χ4n) is 2.90. The zero-order chi connectivity index (χ0) is 15.3. The Hall–Kier alpha value is -1.55. The van der Waals surface area contributed by atoms with E-state index in [0.29, 0.717) is 13.2 Å². The molecule has 1 aromatic carbocycles. The number of carbonyl (C=O) groups excluding carboxylic acids is 1. The first kappa shape index (κ1) is 15.8. The molecule has 1 aromatic rings. The van der Waals surface area contributed by atoms with Crippen LogP contribution < -0.4 is 10.5 Å². The monoisotopic (exact) mass is 290 g/mol. The molecule has 2 rings (SSSR count). The van der Waals surface area contributed by atoms with Crippen molar-refractivity contribution in [3.05, 3.63) is 29.8 Å². The van der Waals surface area contributed by atoms with Gasteiger partial charge in [0, 0.05) is 13.6 Å². The van der Waals surface area contributed by atoms with Crippen molar-refractivity contribution in [1.29, 1.82) is 0 Å². The van der Waals surface area contributed by atoms with Crippen LogP contribution in [-0.2, 0) is 4.79 Å². The Morgan fingerprint density at radius 3 is 2.67 bits per heavy atom. The van der Waals surface area contributed by atoms with E-state index in [2.05, 4.69) is 0 Å². The van der Waals surface area contributed by atoms with Crippen molar-refractivity contribution in [2.45, 2.75) is 44.6 Å². The molecule has 2 N–H and O–H groups in total. The average molecular weight is 290 g/mol. The van der Waals surface area contributed by atoms with Gasteiger partial charge in [0.1, 0.15) is 5.75 Å². The summed E-state index contributed by atoms with van der Waals surface area (Å²) < 4.78 is 5.75. The number of amides is 1. The molecule has 1 aliphatic rings. The minimum Gasteiger partial charge on any atom is -0.493 e. The standard InChI is InChI=1S/C17H26N2O2/c1-14-8-3-4-9-15(14)21-13-7-12-19(2)16(20)17(18)10-5-6-11-17/h3-4,8-9H,5-7,10-13,18H2,1-2H3. The normalized spacial score (nSPS) is 16.7. The zero-order valence-corrected chi connectivity index (χ0v) is 13.1. The van der Waals surface area contributed by atoms with E-state index in [-0.39, 0.29) is 5.91 Å². The third-order valence-electron chi connectivity index (χ3n) is 4.26. The van der Waals surface area contributed by atoms with Crippen LogP contribution in [0.15, 0.2) is 24.3 Å². The van der Waals surface area contributed by atoms with Crippen molar-refractivity contribution in [2.24, 2.45) is 5.73 Å². The number of carbonyl (C=O) groups is 1. The van der Waals surface area contributed by atoms with Crippen molar-refractivity contribution in [1.82, 2.24) is 4.90 Å². The van der Waals surface area contributed by atoms with Gasteiger partial charge in [0.05, 0.1) is 12.1 Å². The molecule has 0 saturated heterocycles. The number of rotatable bonds is 6. The molecule has 1 aliphatic carbocycles. The van der Waals surface area contributed by atoms with Crippen LogP contribution >= 0.6 is 0 Å². The topological polar surface area (TPSA) is 55.6 Å². The minimum atomic E-state index is -0.619. The number of aryl methyl sites for hydroxylation is 1. The summed E-state index contributed by atoms with van der Waals surface area (Å²) in [7, 11) is 1.84. The SMILES string of the molecule is Cc1ccccc1OCCCN(C)C(=O)C1(N)CCCC1. The van der Waals surface area contributed by atoms with Crippen molar-refractivity contribution in [3.8, 4) is 5.75 Å². The van der Waals surface area contributed by atoms with Gasteiger partial charge >= 0.3 is 0 Å². The molecule has 4 nitrogen and oxygen atoms in total. The predicted molar refractivity (Wildman–Crippen MR) is 84.3 cm³/mol. The smallest absolute Gasteiger partial charge is 0.242 e. The largest absolute Gasteiger partial charge is 0.493 e. The number of para-hydroxylation sites is 1. The highest BCUT2D eigenvalue weighted by atomic mass is 16.5. The first-order chi connectivity index (χ1) is 10.0. The lowest BCUT2D eigenvalue weighted by molar-refractivity contribution is -0.135. The van der Waals surface area contributed by atoms with E-state index < -0.39 is 5.54 Å². The predicted octanol–water partition coefficient (Wildman–Crippen LogP) is 2.49. The Bertz CT molecular complexity index is 481. The molecule has 0 aliphatic heterocycles. The Kier molecular flexibility index (Phi) is 5.23. The molecule has 0 aromatic heterocycles. The van der Waals surface area contributed by atoms with Gasteiger partial charge < -0.3 is 15.4 Å². The zero-order valence-electron chi connectivity index (χ0n) is 13.1. The summed E-state index contributed by atoms with van der Waals surface area (Å²) in [5.41, 5.74) is 6.71. The quantitative estimate of drug-likeness (QED) is 0.819. The van der Waals surface area contributed by atoms with Crippen LogP contribution in [0.2, 0.25) is 0 Å². The molecular weight excluding hydrogens is 264 g/mol. The van der Waals surface area contributed by atoms with Gasteiger partial charge in [-0.05, 0) is 37.8 Å². The van der Waals surface area contributed by atoms with Gasteiger partial charge in [0.15, 0.2) is 0 Å². The summed E-state index contributed by atoms with van der Waals surface area (Å²) in [5, 5.41) is 0. The molecule has 0 bridgehead atoms. The fourth-order valence-corrected chi connectivity index (χ4v) is 2.90. The number of likely N-dealkylation sites (N-methyl/N-ethyl adjacent to an activating group) is 1. The number of nitrogens with zero attached hydrogens (tertiary/aromatic N) is 1. The van der Waals surface area contributed by atoms with E-state index in [1.807, 2.05) is 38.2 Å². The first-order valence-electron chi connectivity index (χ1n) is 7.76. The maximum absolute atomic E-state index is 12.3. The van der Waals surface area contributed by atoms with Crippen LogP contribution in [0.3, 0.4) is 0 Å². The van der Waals surface area contributed by atoms with Crippen molar-refractivity contribution < 1.29 is 9.53 Å². The number of ether oxygens (including phenoxy) is 1. The molecule has 0 spiro atoms. The van der Waals surface area contributed by atoms with Crippen molar-refractivity contribution in [3.63, 3.8) is 0 Å². The lowest BCUT2D eigenvalue weighted by atomic mass is 9.97. The van der Waals surface area contributed by atoms with Gasteiger partial charge in [-0.1, -0.05) is 31.0 Å². The second kappa shape index (κ2) is 6.94. The Balaban J connectivity index is 1.73. The summed E-state index contributed by atoms with van der Waals surface area (Å²) in [6.45, 7) is 3.33. The molecule has 0 radical (unpaired) electrons. The highest BCUT2D eigenvalue weighted by molar-refractivity contribution is 5.86. The van der Waals surface area contributed by atoms with E-state index in [1.165, 1.54) is 0 Å². The lowest BCUT2D eigenvalue weighted by Gasteiger charge is -2.28. The fraction of sp³-hybridized carbons (Fsp3) is 0.588. The third kappa shape index (κ3) is 3.97. The second-order valence-electron chi connectivity index (χ2n) is 6.06. The van der Waals surface area contributed by atoms with Gasteiger partial charge in [-0.25, -0.2) is 0 Å². The van der Waals surface area contributed by atoms with E-state index in [0.717, 1.165) is 43.4 Å².